The number of carbonyl (C=O) groups is 1. The molecule has 0 fully saturated rings. The van der Waals surface area contributed by atoms with Gasteiger partial charge in [-0.2, -0.15) is 0 Å². The number of benzene rings is 1. The minimum absolute atomic E-state index is 0.0632. The molecule has 1 aliphatic rings. The smallest absolute Gasteiger partial charge is 0.231 e. The summed E-state index contributed by atoms with van der Waals surface area (Å²) in [6, 6.07) is 13.6. The average molecular weight is 297 g/mol. The number of fused-ring (bicyclic) bond motifs is 1. The standard InChI is InChI=1S/C16H15N3OS/c1-19-13(10-12-6-2-3-7-14(12)21-19)11-16(20)18-15-8-4-5-9-17-15/h2-10H,11H2,1H3,(H,17,18,20). The molecule has 21 heavy (non-hydrogen) atoms. The van der Waals surface area contributed by atoms with E-state index >= 15 is 0 Å². The van der Waals surface area contributed by atoms with Gasteiger partial charge in [0.05, 0.1) is 6.42 Å². The molecular weight excluding hydrogens is 282 g/mol. The molecule has 3 rings (SSSR count). The molecule has 0 aliphatic carbocycles. The number of pyridine rings is 1. The number of carbonyl (C=O) groups excluding carboxylic acids is 1. The summed E-state index contributed by atoms with van der Waals surface area (Å²) >= 11 is 1.64. The van der Waals surface area contributed by atoms with Crippen LogP contribution in [0.3, 0.4) is 0 Å². The fourth-order valence-electron chi connectivity index (χ4n) is 2.11. The minimum atomic E-state index is -0.0632. The van der Waals surface area contributed by atoms with Crippen molar-refractivity contribution < 1.29 is 4.79 Å². The highest BCUT2D eigenvalue weighted by Crippen LogP contribution is 2.35. The van der Waals surface area contributed by atoms with E-state index < -0.39 is 0 Å². The summed E-state index contributed by atoms with van der Waals surface area (Å²) in [6.07, 6.45) is 4.05. The highest BCUT2D eigenvalue weighted by Gasteiger charge is 2.18. The number of hydrogen-bond donors (Lipinski definition) is 1. The Bertz CT molecular complexity index is 685. The molecule has 0 radical (unpaired) electrons. The van der Waals surface area contributed by atoms with E-state index in [0.29, 0.717) is 12.2 Å². The third kappa shape index (κ3) is 3.25. The van der Waals surface area contributed by atoms with E-state index in [0.717, 1.165) is 11.3 Å². The van der Waals surface area contributed by atoms with Crippen LogP contribution in [-0.2, 0) is 4.79 Å². The summed E-state index contributed by atoms with van der Waals surface area (Å²) < 4.78 is 2.03. The number of nitrogens with one attached hydrogen (secondary N) is 1. The maximum atomic E-state index is 12.1. The number of nitrogens with zero attached hydrogens (tertiary/aromatic N) is 2. The summed E-state index contributed by atoms with van der Waals surface area (Å²) in [7, 11) is 1.97. The predicted octanol–water partition coefficient (Wildman–Crippen LogP) is 3.40. The highest BCUT2D eigenvalue weighted by atomic mass is 32.2. The molecule has 0 saturated heterocycles. The molecule has 1 aliphatic heterocycles. The summed E-state index contributed by atoms with van der Waals surface area (Å²) in [4.78, 5) is 17.4. The van der Waals surface area contributed by atoms with Crippen molar-refractivity contribution in [2.24, 2.45) is 0 Å². The van der Waals surface area contributed by atoms with E-state index in [4.69, 9.17) is 0 Å². The quantitative estimate of drug-likeness (QED) is 0.882. The van der Waals surface area contributed by atoms with Crippen LogP contribution in [0, 0.1) is 0 Å². The molecule has 106 valence electrons. The molecule has 4 nitrogen and oxygen atoms in total. The zero-order valence-corrected chi connectivity index (χ0v) is 12.4. The van der Waals surface area contributed by atoms with Crippen LogP contribution in [0.1, 0.15) is 12.0 Å². The summed E-state index contributed by atoms with van der Waals surface area (Å²) in [6.45, 7) is 0. The fourth-order valence-corrected chi connectivity index (χ4v) is 3.01. The van der Waals surface area contributed by atoms with Gasteiger partial charge in [-0.05, 0) is 41.8 Å². The van der Waals surface area contributed by atoms with Crippen LogP contribution in [-0.4, -0.2) is 22.2 Å². The maximum Gasteiger partial charge on any atom is 0.231 e. The van der Waals surface area contributed by atoms with Crippen molar-refractivity contribution in [2.45, 2.75) is 11.3 Å². The Morgan fingerprint density at radius 2 is 2.05 bits per heavy atom. The summed E-state index contributed by atoms with van der Waals surface area (Å²) in [5, 5.41) is 2.81. The molecule has 0 bridgehead atoms. The average Bonchev–Trinajstić information content (AvgIpc) is 2.49. The first-order valence-corrected chi connectivity index (χ1v) is 7.42. The number of amides is 1. The lowest BCUT2D eigenvalue weighted by Gasteiger charge is -2.26. The molecular formula is C16H15N3OS. The molecule has 2 aromatic rings. The van der Waals surface area contributed by atoms with Crippen LogP contribution in [0.2, 0.25) is 0 Å². The van der Waals surface area contributed by atoms with E-state index in [2.05, 4.69) is 28.5 Å². The van der Waals surface area contributed by atoms with Crippen molar-refractivity contribution in [2.75, 3.05) is 12.4 Å². The first-order chi connectivity index (χ1) is 10.2. The molecule has 1 N–H and O–H groups in total. The van der Waals surface area contributed by atoms with Gasteiger partial charge in [0.25, 0.3) is 0 Å². The topological polar surface area (TPSA) is 45.2 Å². The lowest BCUT2D eigenvalue weighted by atomic mass is 10.1. The van der Waals surface area contributed by atoms with Crippen LogP contribution in [0.25, 0.3) is 6.08 Å². The van der Waals surface area contributed by atoms with E-state index in [1.807, 2.05) is 35.6 Å². The molecule has 5 heteroatoms. The molecule has 2 heterocycles. The molecule has 0 saturated carbocycles. The zero-order chi connectivity index (χ0) is 14.7. The molecule has 1 aromatic carbocycles. The second-order valence-corrected chi connectivity index (χ2v) is 5.87. The van der Waals surface area contributed by atoms with Crippen LogP contribution >= 0.6 is 11.9 Å². The molecule has 0 unspecified atom stereocenters. The zero-order valence-electron chi connectivity index (χ0n) is 11.6. The van der Waals surface area contributed by atoms with E-state index in [9.17, 15) is 4.79 Å². The Morgan fingerprint density at radius 3 is 2.86 bits per heavy atom. The number of aromatic nitrogens is 1. The van der Waals surface area contributed by atoms with E-state index in [1.54, 1.807) is 24.2 Å². The second-order valence-electron chi connectivity index (χ2n) is 4.70. The first-order valence-electron chi connectivity index (χ1n) is 6.64. The van der Waals surface area contributed by atoms with Crippen LogP contribution in [0.5, 0.6) is 0 Å². The normalized spacial score (nSPS) is 13.4. The van der Waals surface area contributed by atoms with Crippen molar-refractivity contribution in [1.82, 2.24) is 9.29 Å². The van der Waals surface area contributed by atoms with Gasteiger partial charge in [-0.1, -0.05) is 24.3 Å². The Labute approximate surface area is 128 Å². The van der Waals surface area contributed by atoms with Gasteiger partial charge in [-0.25, -0.2) is 4.98 Å². The van der Waals surface area contributed by atoms with Gasteiger partial charge in [0.15, 0.2) is 0 Å². The van der Waals surface area contributed by atoms with Gasteiger partial charge < -0.3 is 9.62 Å². The third-order valence-corrected chi connectivity index (χ3v) is 4.23. The van der Waals surface area contributed by atoms with Crippen molar-refractivity contribution >= 4 is 29.7 Å². The van der Waals surface area contributed by atoms with Gasteiger partial charge in [0.2, 0.25) is 5.91 Å². The third-order valence-electron chi connectivity index (χ3n) is 3.15. The lowest BCUT2D eigenvalue weighted by molar-refractivity contribution is -0.115. The largest absolute Gasteiger partial charge is 0.319 e. The molecule has 1 aromatic heterocycles. The summed E-state index contributed by atoms with van der Waals surface area (Å²) in [5.41, 5.74) is 2.13. The van der Waals surface area contributed by atoms with E-state index in [1.165, 1.54) is 4.90 Å². The highest BCUT2D eigenvalue weighted by molar-refractivity contribution is 7.97. The minimum Gasteiger partial charge on any atom is -0.319 e. The van der Waals surface area contributed by atoms with Crippen LogP contribution in [0.4, 0.5) is 5.82 Å². The Balaban J connectivity index is 1.73. The molecule has 0 spiro atoms. The van der Waals surface area contributed by atoms with Crippen molar-refractivity contribution in [3.8, 4) is 0 Å². The monoisotopic (exact) mass is 297 g/mol. The van der Waals surface area contributed by atoms with Crippen molar-refractivity contribution in [1.29, 1.82) is 0 Å². The van der Waals surface area contributed by atoms with Crippen LogP contribution < -0.4 is 5.32 Å². The van der Waals surface area contributed by atoms with Crippen LogP contribution in [0.15, 0.2) is 59.3 Å². The maximum absolute atomic E-state index is 12.1. The Kier molecular flexibility index (Phi) is 3.92. The van der Waals surface area contributed by atoms with Gasteiger partial charge >= 0.3 is 0 Å². The molecule has 0 atom stereocenters. The Morgan fingerprint density at radius 1 is 1.24 bits per heavy atom. The second kappa shape index (κ2) is 6.01. The first kappa shape index (κ1) is 13.7. The van der Waals surface area contributed by atoms with E-state index in [-0.39, 0.29) is 5.91 Å². The number of hydrogen-bond acceptors (Lipinski definition) is 4. The lowest BCUT2D eigenvalue weighted by Crippen LogP contribution is -2.20. The number of anilines is 1. The molecule has 1 amide bonds. The predicted molar refractivity (Wildman–Crippen MR) is 85.5 cm³/mol. The van der Waals surface area contributed by atoms with Gasteiger partial charge in [0, 0.05) is 23.8 Å². The Hall–Kier alpha value is -2.27. The van der Waals surface area contributed by atoms with Crippen molar-refractivity contribution in [3.05, 3.63) is 59.9 Å². The van der Waals surface area contributed by atoms with Gasteiger partial charge in [-0.15, -0.1) is 0 Å². The SMILES string of the molecule is CN1Sc2ccccc2C=C1CC(=O)Nc1ccccn1. The van der Waals surface area contributed by atoms with Crippen molar-refractivity contribution in [3.63, 3.8) is 0 Å². The van der Waals surface area contributed by atoms with Gasteiger partial charge in [-0.3, -0.25) is 4.79 Å². The number of rotatable bonds is 3. The van der Waals surface area contributed by atoms with Gasteiger partial charge in [0.1, 0.15) is 5.82 Å². The summed E-state index contributed by atoms with van der Waals surface area (Å²) in [5.74, 6) is 0.515. The fraction of sp³-hybridized carbons (Fsp3) is 0.125.